The summed E-state index contributed by atoms with van der Waals surface area (Å²) in [6.07, 6.45) is -3.88. The van der Waals surface area contributed by atoms with Gasteiger partial charge in [-0.15, -0.1) is 0 Å². The third-order valence-corrected chi connectivity index (χ3v) is 3.32. The van der Waals surface area contributed by atoms with Gasteiger partial charge >= 0.3 is 6.18 Å². The summed E-state index contributed by atoms with van der Waals surface area (Å²) < 4.78 is 49.3. The smallest absolute Gasteiger partial charge is 0.270 e. The molecule has 0 unspecified atom stereocenters. The van der Waals surface area contributed by atoms with Gasteiger partial charge in [0.15, 0.2) is 0 Å². The molecule has 1 rings (SSSR count). The van der Waals surface area contributed by atoms with Crippen LogP contribution >= 0.6 is 0 Å². The number of alkyl halides is 3. The van der Waals surface area contributed by atoms with Crippen molar-refractivity contribution in [2.45, 2.75) is 11.1 Å². The summed E-state index contributed by atoms with van der Waals surface area (Å²) in [5.74, 6) is 0. The highest BCUT2D eigenvalue weighted by Crippen LogP contribution is 2.36. The van der Waals surface area contributed by atoms with E-state index >= 15 is 0 Å². The summed E-state index contributed by atoms with van der Waals surface area (Å²) in [5, 5.41) is 15.5. The van der Waals surface area contributed by atoms with Gasteiger partial charge in [-0.1, -0.05) is 0 Å². The van der Waals surface area contributed by atoms with Gasteiger partial charge in [0, 0.05) is 23.3 Å². The van der Waals surface area contributed by atoms with Crippen molar-refractivity contribution in [3.8, 4) is 0 Å². The maximum Gasteiger partial charge on any atom is 0.417 e. The van der Waals surface area contributed by atoms with E-state index in [-0.39, 0.29) is 0 Å². The lowest BCUT2D eigenvalue weighted by Crippen LogP contribution is -2.25. The maximum absolute atomic E-state index is 12.6. The Morgan fingerprint density at radius 2 is 1.94 bits per heavy atom. The zero-order valence-electron chi connectivity index (χ0n) is 8.56. The summed E-state index contributed by atoms with van der Waals surface area (Å²) in [5.41, 5.74) is -2.06. The minimum atomic E-state index is -4.84. The van der Waals surface area contributed by atoms with Crippen molar-refractivity contribution in [1.82, 2.24) is 0 Å². The van der Waals surface area contributed by atoms with Gasteiger partial charge in [-0.3, -0.25) is 19.5 Å². The lowest BCUT2D eigenvalue weighted by atomic mass is 10.2. The fraction of sp³-hybridized carbons (Fsp3) is 0.250. The van der Waals surface area contributed by atoms with E-state index < -0.39 is 37.4 Å². The first-order valence-corrected chi connectivity index (χ1v) is 6.48. The van der Waals surface area contributed by atoms with E-state index in [0.29, 0.717) is 6.07 Å². The normalized spacial score (nSPS) is 13.5. The topological polar surface area (TPSA) is 86.2 Å². The summed E-state index contributed by atoms with van der Waals surface area (Å²) in [7, 11) is -3.64. The summed E-state index contributed by atoms with van der Waals surface area (Å²) in [6.45, 7) is 0. The second-order valence-corrected chi connectivity index (χ2v) is 5.91. The Balaban J connectivity index is 3.54. The number of non-ortho nitro benzene ring substituents is 1. The first-order valence-electron chi connectivity index (χ1n) is 4.26. The highest BCUT2D eigenvalue weighted by molar-refractivity contribution is 8.00. The van der Waals surface area contributed by atoms with Crippen LogP contribution in [0.1, 0.15) is 5.56 Å². The molecule has 0 heterocycles. The van der Waals surface area contributed by atoms with Crippen molar-refractivity contribution in [2.24, 2.45) is 5.14 Å². The molecule has 5 nitrogen and oxygen atoms in total. The van der Waals surface area contributed by atoms with Crippen LogP contribution in [0.4, 0.5) is 18.9 Å². The highest BCUT2D eigenvalue weighted by atomic mass is 32.3. The first-order chi connectivity index (χ1) is 7.53. The molecule has 0 atom stereocenters. The molecule has 0 aromatic heterocycles. The Morgan fingerprint density at radius 1 is 1.41 bits per heavy atom. The molecule has 0 aliphatic carbocycles. The van der Waals surface area contributed by atoms with Crippen LogP contribution in [0, 0.1) is 10.1 Å². The molecule has 0 radical (unpaired) electrons. The van der Waals surface area contributed by atoms with Crippen LogP contribution in [-0.4, -0.2) is 15.4 Å². The molecule has 0 bridgehead atoms. The van der Waals surface area contributed by atoms with E-state index in [9.17, 15) is 27.5 Å². The molecular formula is C8H9F3N2O3S. The van der Waals surface area contributed by atoms with E-state index in [0.717, 1.165) is 18.4 Å². The molecule has 0 saturated heterocycles. The predicted octanol–water partition coefficient (Wildman–Crippen LogP) is 1.49. The van der Waals surface area contributed by atoms with Crippen LogP contribution in [0.15, 0.2) is 23.1 Å². The Kier molecular flexibility index (Phi) is 3.26. The van der Waals surface area contributed by atoms with Gasteiger partial charge in [-0.05, 0) is 16.2 Å². The fourth-order valence-corrected chi connectivity index (χ4v) is 2.29. The number of nitrogens with zero attached hydrogens (tertiary/aromatic N) is 1. The largest absolute Gasteiger partial charge is 0.417 e. The summed E-state index contributed by atoms with van der Waals surface area (Å²) in [4.78, 5) is 8.80. The monoisotopic (exact) mass is 270 g/mol. The molecule has 9 heteroatoms. The number of nitro groups is 1. The van der Waals surface area contributed by atoms with Crippen LogP contribution in [-0.2, 0) is 16.3 Å². The van der Waals surface area contributed by atoms with Crippen LogP contribution in [0.2, 0.25) is 0 Å². The molecule has 0 saturated carbocycles. The van der Waals surface area contributed by atoms with Gasteiger partial charge in [-0.2, -0.15) is 13.2 Å². The number of hydrogen-bond donors (Lipinski definition) is 2. The van der Waals surface area contributed by atoms with E-state index in [1.807, 2.05) is 0 Å². The second-order valence-electron chi connectivity index (χ2n) is 3.45. The molecule has 0 amide bonds. The third kappa shape index (κ3) is 3.01. The summed E-state index contributed by atoms with van der Waals surface area (Å²) in [6, 6.07) is 1.95. The molecule has 0 aliphatic rings. The quantitative estimate of drug-likeness (QED) is 0.485. The van der Waals surface area contributed by atoms with Gasteiger partial charge in [0.1, 0.15) is 0 Å². The van der Waals surface area contributed by atoms with E-state index in [1.165, 1.54) is 0 Å². The van der Waals surface area contributed by atoms with Gasteiger partial charge in [-0.25, -0.2) is 0 Å². The molecule has 96 valence electrons. The molecular weight excluding hydrogens is 261 g/mol. The van der Waals surface area contributed by atoms with E-state index in [1.54, 1.807) is 0 Å². The molecule has 0 aliphatic heterocycles. The zero-order chi connectivity index (χ0) is 13.4. The highest BCUT2D eigenvalue weighted by Gasteiger charge is 2.36. The average Bonchev–Trinajstić information content (AvgIpc) is 2.14. The number of thiol groups is 1. The molecule has 0 spiro atoms. The minimum Gasteiger partial charge on any atom is -0.270 e. The predicted molar refractivity (Wildman–Crippen MR) is 56.0 cm³/mol. The van der Waals surface area contributed by atoms with Crippen molar-refractivity contribution in [2.75, 3.05) is 6.26 Å². The lowest BCUT2D eigenvalue weighted by Gasteiger charge is -2.18. The molecule has 17 heavy (non-hydrogen) atoms. The average molecular weight is 270 g/mol. The second kappa shape index (κ2) is 4.08. The van der Waals surface area contributed by atoms with Crippen LogP contribution in [0.5, 0.6) is 0 Å². The van der Waals surface area contributed by atoms with Gasteiger partial charge in [0.05, 0.1) is 10.5 Å². The summed E-state index contributed by atoms with van der Waals surface area (Å²) >= 11 is 0. The van der Waals surface area contributed by atoms with Crippen molar-refractivity contribution >= 4 is 15.8 Å². The Labute approximate surface area is 95.1 Å². The van der Waals surface area contributed by atoms with Crippen LogP contribution in [0.25, 0.3) is 0 Å². The molecule has 1 aromatic carbocycles. The standard InChI is InChI=1S/C8H9F3N2O3S/c1-17(12,16)7-3-2-5(13(14)15)4-6(7)8(9,10)11/h2-4,17H,1H3,(H2,12,16). The lowest BCUT2D eigenvalue weighted by molar-refractivity contribution is -0.385. The maximum atomic E-state index is 12.6. The molecule has 1 aromatic rings. The van der Waals surface area contributed by atoms with Gasteiger partial charge in [0.2, 0.25) is 0 Å². The fourth-order valence-electron chi connectivity index (χ4n) is 1.25. The Morgan fingerprint density at radius 3 is 2.29 bits per heavy atom. The number of benzene rings is 1. The number of halogens is 3. The van der Waals surface area contributed by atoms with Gasteiger partial charge < -0.3 is 0 Å². The zero-order valence-corrected chi connectivity index (χ0v) is 9.46. The van der Waals surface area contributed by atoms with Crippen molar-refractivity contribution in [3.63, 3.8) is 0 Å². The SMILES string of the molecule is C[SH](N)(=O)c1ccc([N+](=O)[O-])cc1C(F)(F)F. The van der Waals surface area contributed by atoms with Gasteiger partial charge in [0.25, 0.3) is 5.69 Å². The van der Waals surface area contributed by atoms with Crippen molar-refractivity contribution in [1.29, 1.82) is 0 Å². The van der Waals surface area contributed by atoms with Crippen molar-refractivity contribution < 1.29 is 22.3 Å². The number of hydrogen-bond acceptors (Lipinski definition) is 3. The number of rotatable bonds is 2. The Bertz CT molecular complexity index is 509. The van der Waals surface area contributed by atoms with Crippen LogP contribution < -0.4 is 5.14 Å². The Hall–Kier alpha value is -1.48. The van der Waals surface area contributed by atoms with Crippen molar-refractivity contribution in [3.05, 3.63) is 33.9 Å². The third-order valence-electron chi connectivity index (χ3n) is 1.97. The van der Waals surface area contributed by atoms with E-state index in [4.69, 9.17) is 5.14 Å². The molecule has 0 fully saturated rings. The first kappa shape index (κ1) is 13.6. The number of nitrogens with two attached hydrogens (primary N) is 1. The van der Waals surface area contributed by atoms with E-state index in [2.05, 4.69) is 0 Å². The minimum absolute atomic E-state index is 0.332. The number of nitro benzene ring substituents is 1. The van der Waals surface area contributed by atoms with Crippen LogP contribution in [0.3, 0.4) is 0 Å². The molecule has 2 N–H and O–H groups in total.